The zero-order valence-electron chi connectivity index (χ0n) is 24.7. The Kier molecular flexibility index (Phi) is 12.1. The fourth-order valence-corrected chi connectivity index (χ4v) is 4.90. The van der Waals surface area contributed by atoms with Gasteiger partial charge in [-0.1, -0.05) is 52.4 Å². The number of nitrogens with one attached hydrogen (secondary N) is 6. The van der Waals surface area contributed by atoms with E-state index in [1.54, 1.807) is 0 Å². The number of anilines is 1. The first-order chi connectivity index (χ1) is 20.1. The molecule has 0 saturated heterocycles. The number of halogens is 3. The smallest absolute Gasteiger partial charge is 0.313 e. The number of guanidine groups is 1. The molecule has 10 N–H and O–H groups in total. The second-order valence-corrected chi connectivity index (χ2v) is 13.1. The van der Waals surface area contributed by atoms with Gasteiger partial charge in [-0.3, -0.25) is 20.3 Å². The summed E-state index contributed by atoms with van der Waals surface area (Å²) in [5.74, 6) is -2.59. The van der Waals surface area contributed by atoms with Crippen molar-refractivity contribution in [1.29, 1.82) is 5.41 Å². The van der Waals surface area contributed by atoms with E-state index in [1.165, 1.54) is 12.1 Å². The normalized spacial score (nSPS) is 16.5. The lowest BCUT2D eigenvalue weighted by Crippen LogP contribution is -2.53. The summed E-state index contributed by atoms with van der Waals surface area (Å²) in [6, 6.07) is 9.06. The van der Waals surface area contributed by atoms with Crippen molar-refractivity contribution in [2.24, 2.45) is 17.4 Å². The molecule has 14 heteroatoms. The number of hydrogen-bond acceptors (Lipinski definition) is 7. The van der Waals surface area contributed by atoms with Crippen LogP contribution in [0, 0.1) is 17.1 Å². The summed E-state index contributed by atoms with van der Waals surface area (Å²) in [6.45, 7) is 9.15. The van der Waals surface area contributed by atoms with Crippen molar-refractivity contribution in [3.05, 3.63) is 63.9 Å². The molecule has 0 saturated carbocycles. The summed E-state index contributed by atoms with van der Waals surface area (Å²) >= 11 is 8.00. The molecular weight excluding hydrogens is 690 g/mol. The van der Waals surface area contributed by atoms with E-state index in [0.29, 0.717) is 26.1 Å². The maximum Gasteiger partial charge on any atom is 0.313 e. The van der Waals surface area contributed by atoms with Gasteiger partial charge in [-0.25, -0.2) is 4.39 Å². The minimum Gasteiger partial charge on any atom is -0.372 e. The molecule has 0 aliphatic heterocycles. The molecule has 0 radical (unpaired) electrons. The van der Waals surface area contributed by atoms with E-state index < -0.39 is 35.5 Å². The Balaban J connectivity index is 1.71. The van der Waals surface area contributed by atoms with Gasteiger partial charge in [0.25, 0.3) is 0 Å². The molecule has 1 aliphatic rings. The van der Waals surface area contributed by atoms with Gasteiger partial charge in [0.15, 0.2) is 5.96 Å². The zero-order chi connectivity index (χ0) is 31.9. The van der Waals surface area contributed by atoms with Crippen molar-refractivity contribution in [2.75, 3.05) is 22.9 Å². The van der Waals surface area contributed by atoms with Gasteiger partial charge in [0.2, 0.25) is 0 Å². The molecule has 3 rings (SSSR count). The number of carbonyl (C=O) groups excluding carboxylic acids is 2. The molecule has 0 heterocycles. The number of rotatable bonds is 12. The third-order valence-electron chi connectivity index (χ3n) is 6.86. The van der Waals surface area contributed by atoms with E-state index in [9.17, 15) is 14.0 Å². The summed E-state index contributed by atoms with van der Waals surface area (Å²) in [5, 5.41) is 22.9. The van der Waals surface area contributed by atoms with Crippen molar-refractivity contribution in [3.8, 4) is 0 Å². The van der Waals surface area contributed by atoms with Crippen LogP contribution in [0.3, 0.4) is 0 Å². The van der Waals surface area contributed by atoms with Gasteiger partial charge >= 0.3 is 11.8 Å². The summed E-state index contributed by atoms with van der Waals surface area (Å²) in [7, 11) is 0. The lowest BCUT2D eigenvalue weighted by atomic mass is 10.00. The maximum atomic E-state index is 13.8. The third kappa shape index (κ3) is 10.5. The fourth-order valence-electron chi connectivity index (χ4n) is 4.56. The summed E-state index contributed by atoms with van der Waals surface area (Å²) in [6.07, 6.45) is -0.0747. The largest absolute Gasteiger partial charge is 0.372 e. The molecule has 0 bridgehead atoms. The molecule has 11 nitrogen and oxygen atoms in total. The van der Waals surface area contributed by atoms with Crippen LogP contribution in [0.5, 0.6) is 0 Å². The Labute approximate surface area is 270 Å². The Hall–Kier alpha value is -2.56. The minimum atomic E-state index is -0.940. The van der Waals surface area contributed by atoms with Crippen LogP contribution in [0.25, 0.3) is 0 Å². The third-order valence-corrected chi connectivity index (χ3v) is 9.00. The highest BCUT2D eigenvalue weighted by atomic mass is 127. The first kappa shape index (κ1) is 34.9. The summed E-state index contributed by atoms with van der Waals surface area (Å²) < 4.78 is 20.7. The summed E-state index contributed by atoms with van der Waals surface area (Å²) in [5.41, 5.74) is 13.4. The second kappa shape index (κ2) is 14.9. The zero-order valence-corrected chi connectivity index (χ0v) is 27.7. The number of hydrogen-bond donors (Lipinski definition) is 8. The predicted molar refractivity (Wildman–Crippen MR) is 175 cm³/mol. The van der Waals surface area contributed by atoms with Gasteiger partial charge in [-0.2, -0.15) is 0 Å². The highest BCUT2D eigenvalue weighted by Gasteiger charge is 2.35. The molecular formula is C29H41ClFIN8O3. The van der Waals surface area contributed by atoms with Gasteiger partial charge in [-0.15, -0.1) is 0 Å². The van der Waals surface area contributed by atoms with Gasteiger partial charge in [0.1, 0.15) is 12.1 Å². The first-order valence-corrected chi connectivity index (χ1v) is 15.7. The van der Waals surface area contributed by atoms with Gasteiger partial charge in [-0.05, 0) is 69.0 Å². The van der Waals surface area contributed by atoms with Crippen molar-refractivity contribution in [1.82, 2.24) is 21.3 Å². The number of benzene rings is 2. The Bertz CT molecular complexity index is 1330. The number of carbonyl (C=O) groups is 2. The van der Waals surface area contributed by atoms with E-state index in [1.807, 2.05) is 45.9 Å². The van der Waals surface area contributed by atoms with E-state index in [4.69, 9.17) is 33.2 Å². The van der Waals surface area contributed by atoms with E-state index >= 15 is 0 Å². The lowest BCUT2D eigenvalue weighted by Gasteiger charge is -2.33. The molecule has 0 fully saturated rings. The van der Waals surface area contributed by atoms with Crippen LogP contribution < -0.4 is 38.1 Å². The van der Waals surface area contributed by atoms with E-state index in [2.05, 4.69) is 49.2 Å². The average Bonchev–Trinajstić information content (AvgIpc) is 3.27. The predicted octanol–water partition coefficient (Wildman–Crippen LogP) is 2.86. The highest BCUT2D eigenvalue weighted by Crippen LogP contribution is 2.36. The van der Waals surface area contributed by atoms with Crippen LogP contribution in [0.15, 0.2) is 36.4 Å². The van der Waals surface area contributed by atoms with Crippen LogP contribution in [-0.2, 0) is 27.3 Å². The number of nitrogens with two attached hydrogens (primary N) is 2. The van der Waals surface area contributed by atoms with Crippen LogP contribution in [0.4, 0.5) is 10.1 Å². The van der Waals surface area contributed by atoms with E-state index in [-0.39, 0.29) is 28.2 Å². The standard InChI is InChI=1S/C29H41ClFIN8O3/c1-28(2,15-43-29(3,4)14-32)40-27(35)37-13-18-10-17-9-16(12-36-26(33)34)5-7-20(17)23(18)39-25(42)24(41)38-19-6-8-21(30)22(31)11-19/h5-9,11,18,23,26,36H,10,12-15,33-34H2,1-4H3,(H,38,41)(H,39,42)(H3,35,37,40)/t18?,23-/m1/s1. The number of fused-ring (bicyclic) bond motifs is 1. The quantitative estimate of drug-likeness (QED) is 0.0410. The lowest BCUT2D eigenvalue weighted by molar-refractivity contribution is -0.136. The Morgan fingerprint density at radius 2 is 1.88 bits per heavy atom. The molecule has 0 aromatic heterocycles. The van der Waals surface area contributed by atoms with Crippen LogP contribution in [0.1, 0.15) is 50.4 Å². The van der Waals surface area contributed by atoms with Crippen LogP contribution in [0.2, 0.25) is 5.02 Å². The number of amides is 2. The summed E-state index contributed by atoms with van der Waals surface area (Å²) in [4.78, 5) is 25.7. The molecule has 2 aromatic rings. The van der Waals surface area contributed by atoms with E-state index in [0.717, 1.165) is 27.2 Å². The molecule has 1 aliphatic carbocycles. The minimum absolute atomic E-state index is 0.0937. The molecule has 43 heavy (non-hydrogen) atoms. The van der Waals surface area contributed by atoms with Crippen molar-refractivity contribution in [3.63, 3.8) is 0 Å². The second-order valence-electron chi connectivity index (χ2n) is 11.9. The Morgan fingerprint density at radius 1 is 1.16 bits per heavy atom. The average molecular weight is 731 g/mol. The van der Waals surface area contributed by atoms with Gasteiger partial charge < -0.3 is 37.5 Å². The van der Waals surface area contributed by atoms with Crippen molar-refractivity contribution < 1.29 is 18.7 Å². The molecule has 236 valence electrons. The van der Waals surface area contributed by atoms with Gasteiger partial charge in [0.05, 0.1) is 28.8 Å². The van der Waals surface area contributed by atoms with Gasteiger partial charge in [0, 0.05) is 29.1 Å². The molecule has 1 unspecified atom stereocenters. The molecule has 2 atom stereocenters. The van der Waals surface area contributed by atoms with Crippen LogP contribution in [-0.4, -0.2) is 52.8 Å². The molecule has 2 aromatic carbocycles. The topological polar surface area (TPSA) is 179 Å². The van der Waals surface area contributed by atoms with Crippen molar-refractivity contribution in [2.45, 2.75) is 64.1 Å². The molecule has 2 amide bonds. The van der Waals surface area contributed by atoms with Crippen molar-refractivity contribution >= 4 is 57.7 Å². The SMILES string of the molecule is CC(C)(COC(C)(C)CI)NC(=N)NCC1Cc2cc(CNC(N)N)ccc2[C@@H]1NC(=O)C(=O)Nc1ccc(Cl)c(F)c1. The monoisotopic (exact) mass is 730 g/mol. The molecule has 0 spiro atoms. The fraction of sp³-hybridized carbons (Fsp3) is 0.483. The highest BCUT2D eigenvalue weighted by molar-refractivity contribution is 14.1. The Morgan fingerprint density at radius 3 is 2.53 bits per heavy atom. The first-order valence-electron chi connectivity index (χ1n) is 13.8. The van der Waals surface area contributed by atoms with Crippen LogP contribution >= 0.6 is 34.2 Å². The number of alkyl halides is 1. The maximum absolute atomic E-state index is 13.8. The number of ether oxygens (including phenoxy) is 1.